The molecule has 0 radical (unpaired) electrons. The first-order chi connectivity index (χ1) is 9.65. The fourth-order valence-corrected chi connectivity index (χ4v) is 1.96. The van der Waals surface area contributed by atoms with Crippen molar-refractivity contribution in [3.63, 3.8) is 0 Å². The summed E-state index contributed by atoms with van der Waals surface area (Å²) in [6.07, 6.45) is 0. The van der Waals surface area contributed by atoms with E-state index in [2.05, 4.69) is 27.9 Å². The number of halogens is 1. The van der Waals surface area contributed by atoms with E-state index in [0.717, 1.165) is 5.69 Å². The third-order valence-corrected chi connectivity index (χ3v) is 3.31. The summed E-state index contributed by atoms with van der Waals surface area (Å²) in [4.78, 5) is 10.1. The number of non-ortho nitro benzene ring substituents is 1. The summed E-state index contributed by atoms with van der Waals surface area (Å²) in [7, 11) is 0. The average Bonchev–Trinajstić information content (AvgIpc) is 2.46. The summed E-state index contributed by atoms with van der Waals surface area (Å²) in [5, 5.41) is 13.7. The molecule has 0 amide bonds. The van der Waals surface area contributed by atoms with Crippen LogP contribution in [0.4, 0.5) is 11.4 Å². The van der Waals surface area contributed by atoms with Crippen LogP contribution in [0.1, 0.15) is 0 Å². The topological polar surface area (TPSA) is 64.4 Å². The third-order valence-electron chi connectivity index (χ3n) is 2.59. The first-order valence-electron chi connectivity index (χ1n) is 6.02. The zero-order valence-electron chi connectivity index (χ0n) is 10.6. The molecular weight excluding hydrogens is 371 g/mol. The van der Waals surface area contributed by atoms with Crippen molar-refractivity contribution >= 4 is 34.0 Å². The van der Waals surface area contributed by atoms with E-state index in [1.807, 2.05) is 24.3 Å². The van der Waals surface area contributed by atoms with Gasteiger partial charge in [-0.3, -0.25) is 10.1 Å². The fraction of sp³-hybridized carbons (Fsp3) is 0.143. The molecule has 104 valence electrons. The van der Waals surface area contributed by atoms with Gasteiger partial charge in [0.1, 0.15) is 12.4 Å². The van der Waals surface area contributed by atoms with Gasteiger partial charge in [0.15, 0.2) is 0 Å². The van der Waals surface area contributed by atoms with Gasteiger partial charge in [-0.05, 0) is 59.0 Å². The molecule has 0 aliphatic heterocycles. The molecule has 2 aromatic rings. The van der Waals surface area contributed by atoms with Crippen LogP contribution < -0.4 is 10.1 Å². The van der Waals surface area contributed by atoms with Crippen LogP contribution >= 0.6 is 22.6 Å². The van der Waals surface area contributed by atoms with Crippen molar-refractivity contribution in [2.45, 2.75) is 0 Å². The summed E-state index contributed by atoms with van der Waals surface area (Å²) in [6, 6.07) is 14.1. The van der Waals surface area contributed by atoms with Crippen molar-refractivity contribution < 1.29 is 9.66 Å². The Morgan fingerprint density at radius 3 is 2.35 bits per heavy atom. The minimum atomic E-state index is -0.428. The van der Waals surface area contributed by atoms with Crippen LogP contribution in [0, 0.1) is 13.7 Å². The summed E-state index contributed by atoms with van der Waals surface area (Å²) < 4.78 is 6.69. The fourth-order valence-electron chi connectivity index (χ4n) is 1.60. The second-order valence-electron chi connectivity index (χ2n) is 4.03. The molecule has 0 aromatic heterocycles. The Labute approximate surface area is 130 Å². The maximum atomic E-state index is 10.5. The predicted molar refractivity (Wildman–Crippen MR) is 86.2 cm³/mol. The smallest absolute Gasteiger partial charge is 0.269 e. The Hall–Kier alpha value is -1.83. The Morgan fingerprint density at radius 1 is 1.10 bits per heavy atom. The van der Waals surface area contributed by atoms with Gasteiger partial charge in [-0.1, -0.05) is 0 Å². The van der Waals surface area contributed by atoms with Gasteiger partial charge in [-0.25, -0.2) is 0 Å². The number of nitrogens with zero attached hydrogens (tertiary/aromatic N) is 1. The zero-order valence-corrected chi connectivity index (χ0v) is 12.7. The van der Waals surface area contributed by atoms with Gasteiger partial charge in [-0.2, -0.15) is 0 Å². The van der Waals surface area contributed by atoms with Gasteiger partial charge in [0.2, 0.25) is 0 Å². The lowest BCUT2D eigenvalue weighted by molar-refractivity contribution is -0.384. The van der Waals surface area contributed by atoms with Gasteiger partial charge in [0.25, 0.3) is 5.69 Å². The molecule has 0 unspecified atom stereocenters. The molecule has 0 spiro atoms. The van der Waals surface area contributed by atoms with Crippen LogP contribution in [0.2, 0.25) is 0 Å². The number of hydrogen-bond donors (Lipinski definition) is 1. The van der Waals surface area contributed by atoms with Crippen LogP contribution in [0.3, 0.4) is 0 Å². The normalized spacial score (nSPS) is 10.1. The average molecular weight is 384 g/mol. The van der Waals surface area contributed by atoms with Crippen LogP contribution in [-0.2, 0) is 0 Å². The molecule has 2 rings (SSSR count). The highest BCUT2D eigenvalue weighted by Crippen LogP contribution is 2.17. The maximum Gasteiger partial charge on any atom is 0.269 e. The van der Waals surface area contributed by atoms with Crippen LogP contribution in [-0.4, -0.2) is 18.1 Å². The molecule has 0 fully saturated rings. The quantitative estimate of drug-likeness (QED) is 0.357. The summed E-state index contributed by atoms with van der Waals surface area (Å²) in [5.41, 5.74) is 1.10. The number of ether oxygens (including phenoxy) is 1. The Bertz CT molecular complexity index is 570. The van der Waals surface area contributed by atoms with Crippen LogP contribution in [0.25, 0.3) is 0 Å². The van der Waals surface area contributed by atoms with E-state index in [1.54, 1.807) is 12.1 Å². The number of nitro benzene ring substituents is 1. The van der Waals surface area contributed by atoms with Crippen molar-refractivity contribution in [2.24, 2.45) is 0 Å². The Balaban J connectivity index is 1.75. The van der Waals surface area contributed by atoms with Crippen molar-refractivity contribution in [3.05, 3.63) is 62.2 Å². The van der Waals surface area contributed by atoms with Gasteiger partial charge in [0, 0.05) is 27.9 Å². The van der Waals surface area contributed by atoms with Crippen LogP contribution in [0.15, 0.2) is 48.5 Å². The largest absolute Gasteiger partial charge is 0.492 e. The van der Waals surface area contributed by atoms with Crippen molar-refractivity contribution in [3.8, 4) is 5.75 Å². The lowest BCUT2D eigenvalue weighted by Gasteiger charge is -2.08. The number of nitrogens with one attached hydrogen (secondary N) is 1. The van der Waals surface area contributed by atoms with E-state index in [0.29, 0.717) is 18.9 Å². The standard InChI is InChI=1S/C14H13IN2O3/c15-11-1-3-12(4-2-11)16-9-10-20-14-7-5-13(6-8-14)17(18)19/h1-8,16H,9-10H2. The van der Waals surface area contributed by atoms with E-state index in [4.69, 9.17) is 4.74 Å². The molecule has 2 aromatic carbocycles. The van der Waals surface area contributed by atoms with Crippen molar-refractivity contribution in [2.75, 3.05) is 18.5 Å². The SMILES string of the molecule is O=[N+]([O-])c1ccc(OCCNc2ccc(I)cc2)cc1. The first kappa shape index (κ1) is 14.6. The van der Waals surface area contributed by atoms with E-state index in [-0.39, 0.29) is 5.69 Å². The molecule has 0 saturated carbocycles. The Morgan fingerprint density at radius 2 is 1.75 bits per heavy atom. The van der Waals surface area contributed by atoms with Crippen LogP contribution in [0.5, 0.6) is 5.75 Å². The second-order valence-corrected chi connectivity index (χ2v) is 5.28. The highest BCUT2D eigenvalue weighted by Gasteiger charge is 2.03. The number of rotatable bonds is 6. The van der Waals surface area contributed by atoms with E-state index < -0.39 is 4.92 Å². The predicted octanol–water partition coefficient (Wildman–Crippen LogP) is 3.69. The molecule has 5 nitrogen and oxygen atoms in total. The molecule has 20 heavy (non-hydrogen) atoms. The molecule has 6 heteroatoms. The minimum Gasteiger partial charge on any atom is -0.492 e. The van der Waals surface area contributed by atoms with Gasteiger partial charge in [0.05, 0.1) is 4.92 Å². The van der Waals surface area contributed by atoms with E-state index >= 15 is 0 Å². The van der Waals surface area contributed by atoms with Gasteiger partial charge >= 0.3 is 0 Å². The lowest BCUT2D eigenvalue weighted by atomic mass is 10.3. The lowest BCUT2D eigenvalue weighted by Crippen LogP contribution is -2.11. The summed E-state index contributed by atoms with van der Waals surface area (Å²) >= 11 is 2.26. The summed E-state index contributed by atoms with van der Waals surface area (Å²) in [6.45, 7) is 1.15. The molecule has 0 heterocycles. The monoisotopic (exact) mass is 384 g/mol. The minimum absolute atomic E-state index is 0.0642. The summed E-state index contributed by atoms with van der Waals surface area (Å²) in [5.74, 6) is 0.625. The zero-order chi connectivity index (χ0) is 14.4. The molecule has 0 aliphatic rings. The number of nitro groups is 1. The third kappa shape index (κ3) is 4.37. The number of benzene rings is 2. The Kier molecular flexibility index (Phi) is 5.16. The van der Waals surface area contributed by atoms with Gasteiger partial charge < -0.3 is 10.1 Å². The second kappa shape index (κ2) is 7.09. The molecule has 1 N–H and O–H groups in total. The number of hydrogen-bond acceptors (Lipinski definition) is 4. The highest BCUT2D eigenvalue weighted by molar-refractivity contribution is 14.1. The molecule has 0 atom stereocenters. The molecule has 0 aliphatic carbocycles. The van der Waals surface area contributed by atoms with Gasteiger partial charge in [-0.15, -0.1) is 0 Å². The molecule has 0 bridgehead atoms. The van der Waals surface area contributed by atoms with E-state index in [1.165, 1.54) is 15.7 Å². The van der Waals surface area contributed by atoms with Crippen molar-refractivity contribution in [1.82, 2.24) is 0 Å². The first-order valence-corrected chi connectivity index (χ1v) is 7.10. The van der Waals surface area contributed by atoms with E-state index in [9.17, 15) is 10.1 Å². The maximum absolute atomic E-state index is 10.5. The van der Waals surface area contributed by atoms with Crippen molar-refractivity contribution in [1.29, 1.82) is 0 Å². The number of anilines is 1. The molecular formula is C14H13IN2O3. The molecule has 0 saturated heterocycles. The highest BCUT2D eigenvalue weighted by atomic mass is 127.